The van der Waals surface area contributed by atoms with E-state index in [0.29, 0.717) is 6.61 Å². The number of para-hydroxylation sites is 1. The second-order valence-electron chi connectivity index (χ2n) is 5.40. The molecule has 0 aliphatic heterocycles. The van der Waals surface area contributed by atoms with Gasteiger partial charge in [0.15, 0.2) is 0 Å². The number of nitrogens with one attached hydrogen (secondary N) is 1. The summed E-state index contributed by atoms with van der Waals surface area (Å²) in [5, 5.41) is 4.77. The van der Waals surface area contributed by atoms with Crippen molar-refractivity contribution in [3.8, 4) is 5.75 Å². The maximum absolute atomic E-state index is 5.75. The minimum atomic E-state index is 0.691. The average Bonchev–Trinajstić information content (AvgIpc) is 3.26. The monoisotopic (exact) mass is 302 g/mol. The predicted octanol–water partition coefficient (Wildman–Crippen LogP) is 3.58. The van der Waals surface area contributed by atoms with Crippen LogP contribution < -0.4 is 10.1 Å². The van der Waals surface area contributed by atoms with E-state index in [1.165, 1.54) is 28.4 Å². The summed E-state index contributed by atoms with van der Waals surface area (Å²) in [7, 11) is 0. The quantitative estimate of drug-likeness (QED) is 0.809. The van der Waals surface area contributed by atoms with Gasteiger partial charge in [0.2, 0.25) is 0 Å². The highest BCUT2D eigenvalue weighted by Crippen LogP contribution is 2.23. The lowest BCUT2D eigenvalue weighted by molar-refractivity contribution is 0.321. The summed E-state index contributed by atoms with van der Waals surface area (Å²) in [6, 6.07) is 10.7. The maximum Gasteiger partial charge on any atom is 0.119 e. The van der Waals surface area contributed by atoms with E-state index in [9.17, 15) is 0 Å². The Hall–Kier alpha value is -1.39. The highest BCUT2D eigenvalue weighted by molar-refractivity contribution is 7.11. The number of aromatic nitrogens is 1. The third kappa shape index (κ3) is 4.29. The molecule has 2 aromatic rings. The molecule has 0 unspecified atom stereocenters. The minimum Gasteiger partial charge on any atom is -0.493 e. The second kappa shape index (κ2) is 7.05. The van der Waals surface area contributed by atoms with E-state index in [0.717, 1.165) is 31.2 Å². The van der Waals surface area contributed by atoms with Gasteiger partial charge in [-0.2, -0.15) is 0 Å². The molecule has 1 fully saturated rings. The Balaban J connectivity index is 1.52. The van der Waals surface area contributed by atoms with Gasteiger partial charge in [0.05, 0.1) is 17.3 Å². The van der Waals surface area contributed by atoms with Gasteiger partial charge in [0.1, 0.15) is 5.75 Å². The van der Waals surface area contributed by atoms with Crippen LogP contribution in [0.2, 0.25) is 0 Å². The lowest BCUT2D eigenvalue weighted by atomic mass is 10.3. The highest BCUT2D eigenvalue weighted by Gasteiger charge is 2.21. The Morgan fingerprint density at radius 2 is 2.10 bits per heavy atom. The molecule has 1 aliphatic rings. The average molecular weight is 302 g/mol. The fraction of sp³-hybridized carbons (Fsp3) is 0.471. The first-order valence-corrected chi connectivity index (χ1v) is 8.55. The summed E-state index contributed by atoms with van der Waals surface area (Å²) < 4.78 is 5.75. The largest absolute Gasteiger partial charge is 0.493 e. The lowest BCUT2D eigenvalue weighted by Gasteiger charge is -2.03. The molecule has 1 heterocycles. The first kappa shape index (κ1) is 14.5. The summed E-state index contributed by atoms with van der Waals surface area (Å²) in [5.74, 6) is 0.931. The summed E-state index contributed by atoms with van der Waals surface area (Å²) in [6.07, 6.45) is 4.56. The van der Waals surface area contributed by atoms with Gasteiger partial charge in [-0.3, -0.25) is 0 Å². The fourth-order valence-corrected chi connectivity index (χ4v) is 3.34. The molecule has 21 heavy (non-hydrogen) atoms. The number of benzene rings is 1. The van der Waals surface area contributed by atoms with Crippen molar-refractivity contribution in [3.63, 3.8) is 0 Å². The molecule has 0 spiro atoms. The normalized spacial score (nSPS) is 14.3. The van der Waals surface area contributed by atoms with Crippen molar-refractivity contribution >= 4 is 11.3 Å². The van der Waals surface area contributed by atoms with E-state index in [1.807, 2.05) is 41.7 Å². The van der Waals surface area contributed by atoms with Gasteiger partial charge in [0, 0.05) is 23.9 Å². The molecule has 3 rings (SSSR count). The van der Waals surface area contributed by atoms with E-state index < -0.39 is 0 Å². The molecule has 1 aromatic heterocycles. The van der Waals surface area contributed by atoms with Crippen LogP contribution in [0.5, 0.6) is 5.75 Å². The molecule has 3 nitrogen and oxygen atoms in total. The minimum absolute atomic E-state index is 0.691. The number of hydrogen-bond acceptors (Lipinski definition) is 4. The molecule has 0 amide bonds. The zero-order chi connectivity index (χ0) is 14.5. The summed E-state index contributed by atoms with van der Waals surface area (Å²) in [5.41, 5.74) is 1.25. The molecule has 1 N–H and O–H groups in total. The van der Waals surface area contributed by atoms with E-state index in [-0.39, 0.29) is 0 Å². The van der Waals surface area contributed by atoms with E-state index in [2.05, 4.69) is 12.2 Å². The standard InChI is InChI=1S/C17H22N2OS/c1-2-15-16(12-18-13-8-9-13)21-17(19-15)10-11-20-14-6-4-3-5-7-14/h3-7,13,18H,2,8-12H2,1H3. The van der Waals surface area contributed by atoms with Crippen LogP contribution in [0.15, 0.2) is 30.3 Å². The first-order chi connectivity index (χ1) is 10.3. The van der Waals surface area contributed by atoms with Crippen LogP contribution in [0.25, 0.3) is 0 Å². The van der Waals surface area contributed by atoms with Crippen LogP contribution in [-0.4, -0.2) is 17.6 Å². The third-order valence-electron chi connectivity index (χ3n) is 3.61. The van der Waals surface area contributed by atoms with Crippen molar-refractivity contribution in [3.05, 3.63) is 45.9 Å². The zero-order valence-electron chi connectivity index (χ0n) is 12.5. The van der Waals surface area contributed by atoms with Crippen LogP contribution >= 0.6 is 11.3 Å². The van der Waals surface area contributed by atoms with Gasteiger partial charge in [-0.1, -0.05) is 25.1 Å². The van der Waals surface area contributed by atoms with Crippen molar-refractivity contribution in [2.24, 2.45) is 0 Å². The molecule has 1 aromatic carbocycles. The van der Waals surface area contributed by atoms with Gasteiger partial charge < -0.3 is 10.1 Å². The predicted molar refractivity (Wildman–Crippen MR) is 87.0 cm³/mol. The maximum atomic E-state index is 5.75. The van der Waals surface area contributed by atoms with E-state index in [4.69, 9.17) is 9.72 Å². The number of aryl methyl sites for hydroxylation is 1. The number of rotatable bonds is 8. The van der Waals surface area contributed by atoms with Crippen LogP contribution in [0.4, 0.5) is 0 Å². The Labute approximate surface area is 130 Å². The molecule has 0 atom stereocenters. The topological polar surface area (TPSA) is 34.1 Å². The molecule has 1 saturated carbocycles. The lowest BCUT2D eigenvalue weighted by Crippen LogP contribution is -2.15. The molecule has 0 radical (unpaired) electrons. The third-order valence-corrected chi connectivity index (χ3v) is 4.77. The van der Waals surface area contributed by atoms with Gasteiger partial charge in [-0.15, -0.1) is 11.3 Å². The van der Waals surface area contributed by atoms with Crippen molar-refractivity contribution in [2.45, 2.75) is 45.2 Å². The number of thiazole rings is 1. The molecule has 1 aliphatic carbocycles. The molecule has 0 saturated heterocycles. The molecular weight excluding hydrogens is 280 g/mol. The van der Waals surface area contributed by atoms with Crippen LogP contribution in [0.1, 0.15) is 35.3 Å². The summed E-state index contributed by atoms with van der Waals surface area (Å²) in [6.45, 7) is 3.85. The zero-order valence-corrected chi connectivity index (χ0v) is 13.3. The summed E-state index contributed by atoms with van der Waals surface area (Å²) in [4.78, 5) is 6.16. The van der Waals surface area contributed by atoms with Crippen molar-refractivity contribution in [1.29, 1.82) is 0 Å². The van der Waals surface area contributed by atoms with Gasteiger partial charge in [-0.25, -0.2) is 4.98 Å². The molecular formula is C17H22N2OS. The summed E-state index contributed by atoms with van der Waals surface area (Å²) >= 11 is 1.84. The van der Waals surface area contributed by atoms with Crippen LogP contribution in [0, 0.1) is 0 Å². The fourth-order valence-electron chi connectivity index (χ4n) is 2.26. The highest BCUT2D eigenvalue weighted by atomic mass is 32.1. The number of nitrogens with zero attached hydrogens (tertiary/aromatic N) is 1. The Kier molecular flexibility index (Phi) is 4.88. The Bertz CT molecular complexity index is 563. The van der Waals surface area contributed by atoms with Gasteiger partial charge >= 0.3 is 0 Å². The van der Waals surface area contributed by atoms with Crippen molar-refractivity contribution in [2.75, 3.05) is 6.61 Å². The SMILES string of the molecule is CCc1nc(CCOc2ccccc2)sc1CNC1CC1. The van der Waals surface area contributed by atoms with Crippen molar-refractivity contribution in [1.82, 2.24) is 10.3 Å². The van der Waals surface area contributed by atoms with E-state index >= 15 is 0 Å². The molecule has 112 valence electrons. The molecule has 0 bridgehead atoms. The van der Waals surface area contributed by atoms with Gasteiger partial charge in [0.25, 0.3) is 0 Å². The van der Waals surface area contributed by atoms with Crippen LogP contribution in [0.3, 0.4) is 0 Å². The second-order valence-corrected chi connectivity index (χ2v) is 6.57. The van der Waals surface area contributed by atoms with Gasteiger partial charge in [-0.05, 0) is 31.4 Å². The smallest absolute Gasteiger partial charge is 0.119 e. The van der Waals surface area contributed by atoms with E-state index in [1.54, 1.807) is 0 Å². The Morgan fingerprint density at radius 1 is 1.29 bits per heavy atom. The Morgan fingerprint density at radius 3 is 2.81 bits per heavy atom. The van der Waals surface area contributed by atoms with Crippen molar-refractivity contribution < 1.29 is 4.74 Å². The number of ether oxygens (including phenoxy) is 1. The molecule has 4 heteroatoms. The first-order valence-electron chi connectivity index (χ1n) is 7.74. The number of hydrogen-bond donors (Lipinski definition) is 1. The van der Waals surface area contributed by atoms with Crippen LogP contribution in [-0.2, 0) is 19.4 Å².